The lowest BCUT2D eigenvalue weighted by Gasteiger charge is -2.16. The van der Waals surface area contributed by atoms with Crippen molar-refractivity contribution in [2.45, 2.75) is 26.6 Å². The molecule has 0 saturated heterocycles. The van der Waals surface area contributed by atoms with Crippen molar-refractivity contribution >= 4 is 5.97 Å². The number of ether oxygens (including phenoxy) is 4. The molecular formula is C20H24O5. The lowest BCUT2D eigenvalue weighted by molar-refractivity contribution is 0.0598. The van der Waals surface area contributed by atoms with Crippen LogP contribution >= 0.6 is 0 Å². The lowest BCUT2D eigenvalue weighted by atomic mass is 10.1. The van der Waals surface area contributed by atoms with E-state index >= 15 is 0 Å². The first-order chi connectivity index (χ1) is 12.0. The molecule has 0 radical (unpaired) electrons. The summed E-state index contributed by atoms with van der Waals surface area (Å²) in [6, 6.07) is 13.0. The van der Waals surface area contributed by atoms with E-state index in [0.29, 0.717) is 30.3 Å². The summed E-state index contributed by atoms with van der Waals surface area (Å²) in [7, 11) is 2.96. The Balaban J connectivity index is 2.20. The summed E-state index contributed by atoms with van der Waals surface area (Å²) in [5.74, 6) is 0.642. The van der Waals surface area contributed by atoms with Gasteiger partial charge in [0.1, 0.15) is 24.2 Å². The van der Waals surface area contributed by atoms with Gasteiger partial charge in [0.2, 0.25) is 0 Å². The number of rotatable bonds is 8. The fourth-order valence-electron chi connectivity index (χ4n) is 2.39. The Morgan fingerprint density at radius 3 is 2.48 bits per heavy atom. The summed E-state index contributed by atoms with van der Waals surface area (Å²) >= 11 is 0. The van der Waals surface area contributed by atoms with Gasteiger partial charge in [0.15, 0.2) is 0 Å². The van der Waals surface area contributed by atoms with Crippen LogP contribution < -0.4 is 9.47 Å². The van der Waals surface area contributed by atoms with Gasteiger partial charge in [-0.05, 0) is 37.1 Å². The fourth-order valence-corrected chi connectivity index (χ4v) is 2.39. The van der Waals surface area contributed by atoms with Gasteiger partial charge in [-0.3, -0.25) is 0 Å². The molecule has 0 bridgehead atoms. The van der Waals surface area contributed by atoms with Crippen LogP contribution in [0.5, 0.6) is 11.5 Å². The molecular weight excluding hydrogens is 320 g/mol. The maximum Gasteiger partial charge on any atom is 0.338 e. The van der Waals surface area contributed by atoms with Crippen molar-refractivity contribution in [2.75, 3.05) is 20.8 Å². The number of benzene rings is 2. The van der Waals surface area contributed by atoms with Crippen molar-refractivity contribution < 1.29 is 23.7 Å². The van der Waals surface area contributed by atoms with Crippen LogP contribution in [-0.2, 0) is 16.1 Å². The zero-order valence-corrected chi connectivity index (χ0v) is 15.1. The first-order valence-corrected chi connectivity index (χ1v) is 8.09. The molecule has 0 aliphatic heterocycles. The highest BCUT2D eigenvalue weighted by atomic mass is 16.5. The van der Waals surface area contributed by atoms with Gasteiger partial charge in [-0.25, -0.2) is 4.79 Å². The zero-order chi connectivity index (χ0) is 18.2. The molecule has 1 atom stereocenters. The number of carbonyl (C=O) groups excluding carboxylic acids is 1. The van der Waals surface area contributed by atoms with Gasteiger partial charge in [0.05, 0.1) is 19.3 Å². The van der Waals surface area contributed by atoms with Crippen LogP contribution in [0.25, 0.3) is 0 Å². The van der Waals surface area contributed by atoms with Gasteiger partial charge in [0.25, 0.3) is 0 Å². The van der Waals surface area contributed by atoms with E-state index in [1.54, 1.807) is 25.3 Å². The Bertz CT molecular complexity index is 711. The molecule has 0 saturated carbocycles. The SMILES string of the molecule is COC[C@H](C)Oc1cc(OCc2ccccc2C)cc(C(=O)OC)c1. The second-order valence-electron chi connectivity index (χ2n) is 5.78. The topological polar surface area (TPSA) is 54.0 Å². The van der Waals surface area contributed by atoms with E-state index in [2.05, 4.69) is 0 Å². The molecule has 2 aromatic carbocycles. The molecule has 0 unspecified atom stereocenters. The van der Waals surface area contributed by atoms with Crippen molar-refractivity contribution in [2.24, 2.45) is 0 Å². The molecule has 0 aliphatic rings. The minimum atomic E-state index is -0.439. The minimum Gasteiger partial charge on any atom is -0.489 e. The van der Waals surface area contributed by atoms with E-state index in [1.165, 1.54) is 7.11 Å². The van der Waals surface area contributed by atoms with Crippen molar-refractivity contribution in [1.82, 2.24) is 0 Å². The largest absolute Gasteiger partial charge is 0.489 e. The third-order valence-electron chi connectivity index (χ3n) is 3.70. The Labute approximate surface area is 148 Å². The highest BCUT2D eigenvalue weighted by molar-refractivity contribution is 5.90. The molecule has 5 nitrogen and oxygen atoms in total. The van der Waals surface area contributed by atoms with E-state index in [9.17, 15) is 4.79 Å². The highest BCUT2D eigenvalue weighted by Gasteiger charge is 2.13. The number of aryl methyl sites for hydroxylation is 1. The number of hydrogen-bond donors (Lipinski definition) is 0. The molecule has 2 rings (SSSR count). The van der Waals surface area contributed by atoms with Gasteiger partial charge >= 0.3 is 5.97 Å². The maximum atomic E-state index is 11.9. The molecule has 0 aliphatic carbocycles. The molecule has 0 N–H and O–H groups in total. The Hall–Kier alpha value is -2.53. The summed E-state index contributed by atoms with van der Waals surface area (Å²) < 4.78 is 21.5. The third-order valence-corrected chi connectivity index (χ3v) is 3.70. The van der Waals surface area contributed by atoms with Crippen LogP contribution in [-0.4, -0.2) is 32.9 Å². The lowest BCUT2D eigenvalue weighted by Crippen LogP contribution is -2.18. The summed E-state index contributed by atoms with van der Waals surface area (Å²) in [4.78, 5) is 11.9. The molecule has 134 valence electrons. The molecule has 5 heteroatoms. The minimum absolute atomic E-state index is 0.151. The second-order valence-corrected chi connectivity index (χ2v) is 5.78. The quantitative estimate of drug-likeness (QED) is 0.682. The van der Waals surface area contributed by atoms with Crippen LogP contribution in [0.2, 0.25) is 0 Å². The monoisotopic (exact) mass is 344 g/mol. The molecule has 0 heterocycles. The number of carbonyl (C=O) groups is 1. The normalized spacial score (nSPS) is 11.7. The van der Waals surface area contributed by atoms with Gasteiger partial charge in [-0.15, -0.1) is 0 Å². The predicted molar refractivity (Wildman–Crippen MR) is 95.3 cm³/mol. The molecule has 0 fully saturated rings. The second kappa shape index (κ2) is 9.08. The van der Waals surface area contributed by atoms with E-state index in [1.807, 2.05) is 38.1 Å². The molecule has 0 amide bonds. The Morgan fingerprint density at radius 1 is 1.08 bits per heavy atom. The van der Waals surface area contributed by atoms with Crippen molar-refractivity contribution in [3.8, 4) is 11.5 Å². The average Bonchev–Trinajstić information content (AvgIpc) is 2.60. The molecule has 0 spiro atoms. The predicted octanol–water partition coefficient (Wildman–Crippen LogP) is 3.77. The maximum absolute atomic E-state index is 11.9. The molecule has 2 aromatic rings. The van der Waals surface area contributed by atoms with Crippen LogP contribution in [0.1, 0.15) is 28.4 Å². The van der Waals surface area contributed by atoms with E-state index < -0.39 is 5.97 Å². The average molecular weight is 344 g/mol. The highest BCUT2D eigenvalue weighted by Crippen LogP contribution is 2.25. The summed E-state index contributed by atoms with van der Waals surface area (Å²) in [6.45, 7) is 4.78. The first kappa shape index (κ1) is 18.8. The molecule has 25 heavy (non-hydrogen) atoms. The summed E-state index contributed by atoms with van der Waals surface area (Å²) in [5.41, 5.74) is 2.61. The standard InChI is InChI=1S/C20H24O5/c1-14-7-5-6-8-16(14)13-24-18-9-17(20(21)23-4)10-19(11-18)25-15(2)12-22-3/h5-11,15H,12-13H2,1-4H3/t15-/m0/s1. The van der Waals surface area contributed by atoms with Crippen molar-refractivity contribution in [1.29, 1.82) is 0 Å². The van der Waals surface area contributed by atoms with Gasteiger partial charge in [-0.2, -0.15) is 0 Å². The first-order valence-electron chi connectivity index (χ1n) is 8.09. The fraction of sp³-hybridized carbons (Fsp3) is 0.350. The van der Waals surface area contributed by atoms with Crippen LogP contribution in [0, 0.1) is 6.92 Å². The number of hydrogen-bond acceptors (Lipinski definition) is 5. The summed E-state index contributed by atoms with van der Waals surface area (Å²) in [6.07, 6.45) is -0.151. The smallest absolute Gasteiger partial charge is 0.338 e. The van der Waals surface area contributed by atoms with Crippen LogP contribution in [0.15, 0.2) is 42.5 Å². The van der Waals surface area contributed by atoms with Crippen molar-refractivity contribution in [3.05, 3.63) is 59.2 Å². The Kier molecular flexibility index (Phi) is 6.83. The zero-order valence-electron chi connectivity index (χ0n) is 15.1. The summed E-state index contributed by atoms with van der Waals surface area (Å²) in [5, 5.41) is 0. The number of methoxy groups -OCH3 is 2. The van der Waals surface area contributed by atoms with E-state index in [0.717, 1.165) is 11.1 Å². The van der Waals surface area contributed by atoms with E-state index in [-0.39, 0.29) is 6.10 Å². The van der Waals surface area contributed by atoms with Crippen LogP contribution in [0.4, 0.5) is 0 Å². The van der Waals surface area contributed by atoms with Gasteiger partial charge in [0, 0.05) is 13.2 Å². The van der Waals surface area contributed by atoms with E-state index in [4.69, 9.17) is 18.9 Å². The van der Waals surface area contributed by atoms with Crippen LogP contribution in [0.3, 0.4) is 0 Å². The van der Waals surface area contributed by atoms with Gasteiger partial charge in [-0.1, -0.05) is 24.3 Å². The Morgan fingerprint density at radius 2 is 1.80 bits per heavy atom. The van der Waals surface area contributed by atoms with Gasteiger partial charge < -0.3 is 18.9 Å². The molecule has 0 aromatic heterocycles. The van der Waals surface area contributed by atoms with Crippen molar-refractivity contribution in [3.63, 3.8) is 0 Å². The number of esters is 1. The third kappa shape index (κ3) is 5.50.